The minimum atomic E-state index is -0.987. The van der Waals surface area contributed by atoms with Crippen molar-refractivity contribution >= 4 is 11.7 Å². The molecule has 0 bridgehead atoms. The van der Waals surface area contributed by atoms with E-state index in [2.05, 4.69) is 9.97 Å². The van der Waals surface area contributed by atoms with Crippen LogP contribution in [0.3, 0.4) is 0 Å². The zero-order valence-electron chi connectivity index (χ0n) is 6.89. The quantitative estimate of drug-likeness (QED) is 0.530. The van der Waals surface area contributed by atoms with Crippen molar-refractivity contribution in [2.24, 2.45) is 5.73 Å². The minimum Gasteiger partial charge on any atom is -0.493 e. The number of hydrogen-bond donors (Lipinski definition) is 3. The lowest BCUT2D eigenvalue weighted by Gasteiger charge is -2.01. The number of aromatic hydroxyl groups is 1. The van der Waals surface area contributed by atoms with Crippen molar-refractivity contribution in [3.8, 4) is 5.88 Å². The molecule has 0 fully saturated rings. The molecule has 4 N–H and O–H groups in total. The Balaban J connectivity index is 2.96. The maximum absolute atomic E-state index is 11.2. The Hall–Kier alpha value is -2.31. The maximum atomic E-state index is 11.2. The molecule has 0 aliphatic carbocycles. The standard InChI is InChI=1S/C7H6N4O3/c8-4(12)3-5(13)10-7-9-1-2-11(7)6(3)14/h1-2,14H,(H2,8,12)(H,9,10,13). The van der Waals surface area contributed by atoms with Gasteiger partial charge in [-0.3, -0.25) is 19.0 Å². The number of hydrogen-bond acceptors (Lipinski definition) is 4. The van der Waals surface area contributed by atoms with E-state index in [4.69, 9.17) is 5.73 Å². The lowest BCUT2D eigenvalue weighted by molar-refractivity contribution is 0.0995. The Bertz CT molecular complexity index is 568. The predicted molar refractivity (Wildman–Crippen MR) is 46.0 cm³/mol. The molecule has 0 spiro atoms. The number of fused-ring (bicyclic) bond motifs is 1. The molecule has 0 aliphatic rings. The number of aromatic amines is 1. The largest absolute Gasteiger partial charge is 0.493 e. The number of nitrogens with two attached hydrogens (primary N) is 1. The Labute approximate surface area is 76.8 Å². The SMILES string of the molecule is NC(=O)c1c(O)n2ccnc2[nH]c1=O. The first-order valence-electron chi connectivity index (χ1n) is 3.69. The first-order valence-corrected chi connectivity index (χ1v) is 3.69. The summed E-state index contributed by atoms with van der Waals surface area (Å²) in [6.45, 7) is 0. The molecular formula is C7H6N4O3. The molecule has 0 atom stereocenters. The highest BCUT2D eigenvalue weighted by atomic mass is 16.3. The van der Waals surface area contributed by atoms with Crippen molar-refractivity contribution in [1.82, 2.24) is 14.4 Å². The molecule has 1 amide bonds. The van der Waals surface area contributed by atoms with Crippen LogP contribution in [0.2, 0.25) is 0 Å². The number of amides is 1. The Morgan fingerprint density at radius 1 is 1.64 bits per heavy atom. The van der Waals surface area contributed by atoms with Crippen LogP contribution in [0.15, 0.2) is 17.2 Å². The van der Waals surface area contributed by atoms with Gasteiger partial charge in [0.05, 0.1) is 0 Å². The Morgan fingerprint density at radius 3 is 3.00 bits per heavy atom. The van der Waals surface area contributed by atoms with Gasteiger partial charge in [0.1, 0.15) is 0 Å². The van der Waals surface area contributed by atoms with E-state index < -0.39 is 22.9 Å². The third-order valence-electron chi connectivity index (χ3n) is 1.79. The van der Waals surface area contributed by atoms with Crippen molar-refractivity contribution in [2.75, 3.05) is 0 Å². The molecule has 2 aromatic heterocycles. The lowest BCUT2D eigenvalue weighted by Crippen LogP contribution is -2.25. The van der Waals surface area contributed by atoms with E-state index in [1.54, 1.807) is 0 Å². The number of H-pyrrole nitrogens is 1. The smallest absolute Gasteiger partial charge is 0.269 e. The fourth-order valence-corrected chi connectivity index (χ4v) is 1.17. The summed E-state index contributed by atoms with van der Waals surface area (Å²) in [6, 6.07) is 0. The average Bonchev–Trinajstić information content (AvgIpc) is 2.50. The second kappa shape index (κ2) is 2.59. The molecule has 0 aromatic carbocycles. The molecular weight excluding hydrogens is 188 g/mol. The van der Waals surface area contributed by atoms with Crippen molar-refractivity contribution in [3.63, 3.8) is 0 Å². The van der Waals surface area contributed by atoms with Crippen LogP contribution in [0.25, 0.3) is 5.78 Å². The fraction of sp³-hybridized carbons (Fsp3) is 0. The van der Waals surface area contributed by atoms with Gasteiger partial charge in [0, 0.05) is 12.4 Å². The van der Waals surface area contributed by atoms with Crippen LogP contribution < -0.4 is 11.3 Å². The molecule has 0 saturated carbocycles. The number of primary amides is 1. The highest BCUT2D eigenvalue weighted by Crippen LogP contribution is 2.12. The molecule has 0 radical (unpaired) electrons. The second-order valence-electron chi connectivity index (χ2n) is 2.64. The fourth-order valence-electron chi connectivity index (χ4n) is 1.17. The molecule has 7 heteroatoms. The minimum absolute atomic E-state index is 0.150. The first kappa shape index (κ1) is 8.30. The lowest BCUT2D eigenvalue weighted by atomic mass is 10.3. The maximum Gasteiger partial charge on any atom is 0.269 e. The molecule has 0 aliphatic heterocycles. The topological polar surface area (TPSA) is 113 Å². The van der Waals surface area contributed by atoms with Crippen LogP contribution in [-0.4, -0.2) is 25.4 Å². The van der Waals surface area contributed by atoms with Gasteiger partial charge in [-0.2, -0.15) is 0 Å². The molecule has 2 rings (SSSR count). The summed E-state index contributed by atoms with van der Waals surface area (Å²) in [5.41, 5.74) is 3.69. The number of carbonyl (C=O) groups is 1. The Morgan fingerprint density at radius 2 is 2.36 bits per heavy atom. The van der Waals surface area contributed by atoms with Gasteiger partial charge in [0.25, 0.3) is 11.5 Å². The molecule has 0 unspecified atom stereocenters. The number of rotatable bonds is 1. The van der Waals surface area contributed by atoms with Crippen LogP contribution in [0.5, 0.6) is 5.88 Å². The number of aromatic nitrogens is 3. The van der Waals surface area contributed by atoms with Crippen LogP contribution >= 0.6 is 0 Å². The van der Waals surface area contributed by atoms with E-state index in [-0.39, 0.29) is 5.78 Å². The van der Waals surface area contributed by atoms with Crippen LogP contribution in [0.1, 0.15) is 10.4 Å². The molecule has 2 aromatic rings. The van der Waals surface area contributed by atoms with E-state index in [1.165, 1.54) is 12.4 Å². The predicted octanol–water partition coefficient (Wildman–Crippen LogP) is -1.17. The summed E-state index contributed by atoms with van der Waals surface area (Å²) < 4.78 is 1.15. The number of carbonyl (C=O) groups excluding carboxylic acids is 1. The van der Waals surface area contributed by atoms with E-state index >= 15 is 0 Å². The van der Waals surface area contributed by atoms with Crippen LogP contribution in [0, 0.1) is 0 Å². The summed E-state index contributed by atoms with van der Waals surface area (Å²) in [4.78, 5) is 28.1. The van der Waals surface area contributed by atoms with Gasteiger partial charge in [-0.1, -0.05) is 0 Å². The molecule has 14 heavy (non-hydrogen) atoms. The Kier molecular flexibility index (Phi) is 1.53. The summed E-state index contributed by atoms with van der Waals surface area (Å²) in [5, 5.41) is 9.49. The third-order valence-corrected chi connectivity index (χ3v) is 1.79. The third kappa shape index (κ3) is 0.954. The summed E-state index contributed by atoms with van der Waals surface area (Å²) in [6.07, 6.45) is 2.77. The number of nitrogens with zero attached hydrogens (tertiary/aromatic N) is 2. The first-order chi connectivity index (χ1) is 6.61. The normalized spacial score (nSPS) is 10.6. The van der Waals surface area contributed by atoms with Gasteiger partial charge in [0.2, 0.25) is 11.7 Å². The van der Waals surface area contributed by atoms with Crippen molar-refractivity contribution in [1.29, 1.82) is 0 Å². The zero-order valence-corrected chi connectivity index (χ0v) is 6.89. The van der Waals surface area contributed by atoms with E-state index in [9.17, 15) is 14.7 Å². The summed E-state index contributed by atoms with van der Waals surface area (Å²) >= 11 is 0. The second-order valence-corrected chi connectivity index (χ2v) is 2.64. The highest BCUT2D eigenvalue weighted by molar-refractivity contribution is 5.94. The number of imidazole rings is 1. The van der Waals surface area contributed by atoms with Crippen LogP contribution in [-0.2, 0) is 0 Å². The van der Waals surface area contributed by atoms with Crippen molar-refractivity contribution in [2.45, 2.75) is 0 Å². The van der Waals surface area contributed by atoms with Crippen molar-refractivity contribution < 1.29 is 9.90 Å². The molecule has 2 heterocycles. The number of nitrogens with one attached hydrogen (secondary N) is 1. The zero-order chi connectivity index (χ0) is 10.3. The van der Waals surface area contributed by atoms with Gasteiger partial charge in [-0.25, -0.2) is 4.98 Å². The van der Waals surface area contributed by atoms with E-state index in [0.29, 0.717) is 0 Å². The average molecular weight is 194 g/mol. The van der Waals surface area contributed by atoms with Crippen molar-refractivity contribution in [3.05, 3.63) is 28.3 Å². The van der Waals surface area contributed by atoms with Gasteiger partial charge >= 0.3 is 0 Å². The van der Waals surface area contributed by atoms with Crippen LogP contribution in [0.4, 0.5) is 0 Å². The molecule has 72 valence electrons. The summed E-state index contributed by atoms with van der Waals surface area (Å²) in [7, 11) is 0. The monoisotopic (exact) mass is 194 g/mol. The van der Waals surface area contributed by atoms with Gasteiger partial charge in [0.15, 0.2) is 5.56 Å². The van der Waals surface area contributed by atoms with E-state index in [0.717, 1.165) is 4.40 Å². The summed E-state index contributed by atoms with van der Waals surface area (Å²) in [5.74, 6) is -1.34. The highest BCUT2D eigenvalue weighted by Gasteiger charge is 2.16. The van der Waals surface area contributed by atoms with Gasteiger partial charge in [-0.05, 0) is 0 Å². The molecule has 7 nitrogen and oxygen atoms in total. The van der Waals surface area contributed by atoms with Gasteiger partial charge < -0.3 is 10.8 Å². The van der Waals surface area contributed by atoms with Gasteiger partial charge in [-0.15, -0.1) is 0 Å². The van der Waals surface area contributed by atoms with E-state index in [1.807, 2.05) is 0 Å². The molecule has 0 saturated heterocycles.